The van der Waals surface area contributed by atoms with Crippen molar-refractivity contribution in [2.24, 2.45) is 0 Å². The van der Waals surface area contributed by atoms with Crippen molar-refractivity contribution >= 4 is 38.8 Å². The summed E-state index contributed by atoms with van der Waals surface area (Å²) in [5.74, 6) is 0. The maximum absolute atomic E-state index is 4.50. The second-order valence-electron chi connectivity index (χ2n) is 4.53. The molecule has 0 aliphatic rings. The minimum Gasteiger partial charge on any atom is -0.368 e. The number of thiophene rings is 1. The van der Waals surface area contributed by atoms with Gasteiger partial charge in [-0.25, -0.2) is 0 Å². The molecule has 0 aliphatic heterocycles. The van der Waals surface area contributed by atoms with Crippen molar-refractivity contribution < 1.29 is 0 Å². The quantitative estimate of drug-likeness (QED) is 0.688. The van der Waals surface area contributed by atoms with Gasteiger partial charge in [-0.3, -0.25) is 0 Å². The van der Waals surface area contributed by atoms with Crippen molar-refractivity contribution in [1.29, 1.82) is 0 Å². The molecule has 2 nitrogen and oxygen atoms in total. The molecule has 0 bridgehead atoms. The molecule has 0 radical (unpaired) electrons. The van der Waals surface area contributed by atoms with E-state index >= 15 is 0 Å². The van der Waals surface area contributed by atoms with Gasteiger partial charge < -0.3 is 5.32 Å². The van der Waals surface area contributed by atoms with E-state index in [1.54, 1.807) is 11.5 Å². The number of aromatic nitrogens is 1. The first kappa shape index (κ1) is 12.6. The standard InChI is InChI=1S/C15H16N2S2/c1-2-6-13(14-9-5-10-18-14)16-15-11-7-3-4-8-12(11)17-19-15/h3-5,7-10,13,16H,2,6H2,1H3. The van der Waals surface area contributed by atoms with Crippen LogP contribution >= 0.6 is 22.9 Å². The molecule has 3 aromatic rings. The van der Waals surface area contributed by atoms with Gasteiger partial charge in [-0.1, -0.05) is 31.5 Å². The Morgan fingerprint density at radius 3 is 2.89 bits per heavy atom. The van der Waals surface area contributed by atoms with Crippen molar-refractivity contribution in [3.05, 3.63) is 46.7 Å². The van der Waals surface area contributed by atoms with Crippen LogP contribution in [0.5, 0.6) is 0 Å². The summed E-state index contributed by atoms with van der Waals surface area (Å²) >= 11 is 3.38. The molecule has 0 saturated heterocycles. The summed E-state index contributed by atoms with van der Waals surface area (Å²) in [5.41, 5.74) is 1.08. The van der Waals surface area contributed by atoms with E-state index in [0.717, 1.165) is 11.9 Å². The Morgan fingerprint density at radius 1 is 1.21 bits per heavy atom. The van der Waals surface area contributed by atoms with Crippen molar-refractivity contribution in [1.82, 2.24) is 4.37 Å². The second kappa shape index (κ2) is 5.72. The normalized spacial score (nSPS) is 12.7. The fraction of sp³-hybridized carbons (Fsp3) is 0.267. The van der Waals surface area contributed by atoms with Crippen molar-refractivity contribution in [3.63, 3.8) is 0 Å². The van der Waals surface area contributed by atoms with Crippen LogP contribution in [0.4, 0.5) is 5.00 Å². The van der Waals surface area contributed by atoms with Crippen LogP contribution < -0.4 is 5.32 Å². The topological polar surface area (TPSA) is 24.9 Å². The molecule has 0 amide bonds. The summed E-state index contributed by atoms with van der Waals surface area (Å²) in [6.45, 7) is 2.23. The lowest BCUT2D eigenvalue weighted by molar-refractivity contribution is 0.690. The molecular weight excluding hydrogens is 272 g/mol. The predicted molar refractivity (Wildman–Crippen MR) is 85.2 cm³/mol. The lowest BCUT2D eigenvalue weighted by Gasteiger charge is -2.16. The average molecular weight is 288 g/mol. The zero-order chi connectivity index (χ0) is 13.1. The molecule has 1 aromatic carbocycles. The van der Waals surface area contributed by atoms with Crippen LogP contribution in [0.25, 0.3) is 10.9 Å². The number of rotatable bonds is 5. The summed E-state index contributed by atoms with van der Waals surface area (Å²) in [6.07, 6.45) is 2.32. The van der Waals surface area contributed by atoms with Gasteiger partial charge in [0.25, 0.3) is 0 Å². The van der Waals surface area contributed by atoms with Gasteiger partial charge in [0.15, 0.2) is 0 Å². The van der Waals surface area contributed by atoms with E-state index in [4.69, 9.17) is 0 Å². The third-order valence-electron chi connectivity index (χ3n) is 3.15. The zero-order valence-corrected chi connectivity index (χ0v) is 12.4. The Bertz CT molecular complexity index is 643. The van der Waals surface area contributed by atoms with E-state index in [9.17, 15) is 0 Å². The minimum atomic E-state index is 0.397. The number of anilines is 1. The molecule has 4 heteroatoms. The molecule has 0 spiro atoms. The Hall–Kier alpha value is -1.39. The number of hydrogen-bond acceptors (Lipinski definition) is 4. The molecule has 0 saturated carbocycles. The van der Waals surface area contributed by atoms with E-state index in [1.807, 2.05) is 17.4 Å². The van der Waals surface area contributed by atoms with Gasteiger partial charge in [-0.05, 0) is 41.5 Å². The number of hydrogen-bond donors (Lipinski definition) is 1. The number of benzene rings is 1. The number of fused-ring (bicyclic) bond motifs is 1. The third-order valence-corrected chi connectivity index (χ3v) is 4.95. The van der Waals surface area contributed by atoms with Crippen LogP contribution in [0.1, 0.15) is 30.7 Å². The minimum absolute atomic E-state index is 0.397. The Labute approximate surface area is 121 Å². The molecule has 0 aliphatic carbocycles. The van der Waals surface area contributed by atoms with Crippen LogP contribution in [-0.4, -0.2) is 4.37 Å². The lowest BCUT2D eigenvalue weighted by atomic mass is 10.1. The predicted octanol–water partition coefficient (Wildman–Crippen LogP) is 5.31. The van der Waals surface area contributed by atoms with Crippen LogP contribution in [0.2, 0.25) is 0 Å². The van der Waals surface area contributed by atoms with Gasteiger partial charge in [0, 0.05) is 10.3 Å². The van der Waals surface area contributed by atoms with Crippen LogP contribution in [0, 0.1) is 0 Å². The van der Waals surface area contributed by atoms with Crippen molar-refractivity contribution in [2.45, 2.75) is 25.8 Å². The monoisotopic (exact) mass is 288 g/mol. The molecule has 3 rings (SSSR count). The fourth-order valence-electron chi connectivity index (χ4n) is 2.22. The SMILES string of the molecule is CCCC(Nc1snc2ccccc12)c1cccs1. The highest BCUT2D eigenvalue weighted by molar-refractivity contribution is 7.12. The van der Waals surface area contributed by atoms with Gasteiger partial charge in [0.2, 0.25) is 0 Å². The van der Waals surface area contributed by atoms with Crippen LogP contribution in [0.15, 0.2) is 41.8 Å². The first-order chi connectivity index (χ1) is 9.38. The molecular formula is C15H16N2S2. The fourth-order valence-corrected chi connectivity index (χ4v) is 3.84. The maximum Gasteiger partial charge on any atom is 0.117 e. The molecule has 1 N–H and O–H groups in total. The van der Waals surface area contributed by atoms with Gasteiger partial charge >= 0.3 is 0 Å². The summed E-state index contributed by atoms with van der Waals surface area (Å²) in [5, 5.41) is 8.22. The van der Waals surface area contributed by atoms with Crippen LogP contribution in [-0.2, 0) is 0 Å². The molecule has 1 atom stereocenters. The number of nitrogens with zero attached hydrogens (tertiary/aromatic N) is 1. The average Bonchev–Trinajstić information content (AvgIpc) is 3.08. The summed E-state index contributed by atoms with van der Waals surface area (Å²) in [6, 6.07) is 13.0. The van der Waals surface area contributed by atoms with Crippen molar-refractivity contribution in [2.75, 3.05) is 5.32 Å². The zero-order valence-electron chi connectivity index (χ0n) is 10.8. The van der Waals surface area contributed by atoms with Crippen molar-refractivity contribution in [3.8, 4) is 0 Å². The molecule has 1 unspecified atom stereocenters. The van der Waals surface area contributed by atoms with Gasteiger partial charge in [-0.15, -0.1) is 11.3 Å². The van der Waals surface area contributed by atoms with Gasteiger partial charge in [0.1, 0.15) is 5.00 Å². The third kappa shape index (κ3) is 2.65. The molecule has 98 valence electrons. The first-order valence-corrected chi connectivity index (χ1v) is 8.18. The van der Waals surface area contributed by atoms with Gasteiger partial charge in [0.05, 0.1) is 11.6 Å². The van der Waals surface area contributed by atoms with E-state index in [0.29, 0.717) is 6.04 Å². The lowest BCUT2D eigenvalue weighted by Crippen LogP contribution is -2.08. The Kier molecular flexibility index (Phi) is 3.80. The molecule has 19 heavy (non-hydrogen) atoms. The highest BCUT2D eigenvalue weighted by Crippen LogP contribution is 2.33. The Balaban J connectivity index is 1.89. The maximum atomic E-state index is 4.50. The smallest absolute Gasteiger partial charge is 0.117 e. The number of nitrogens with one attached hydrogen (secondary N) is 1. The second-order valence-corrected chi connectivity index (χ2v) is 6.28. The highest BCUT2D eigenvalue weighted by atomic mass is 32.1. The molecule has 0 fully saturated rings. The summed E-state index contributed by atoms with van der Waals surface area (Å²) < 4.78 is 4.50. The molecule has 2 aromatic heterocycles. The van der Waals surface area contributed by atoms with E-state index in [1.165, 1.54) is 21.7 Å². The largest absolute Gasteiger partial charge is 0.368 e. The van der Waals surface area contributed by atoms with Crippen LogP contribution in [0.3, 0.4) is 0 Å². The van der Waals surface area contributed by atoms with E-state index in [2.05, 4.69) is 52.3 Å². The molecule has 2 heterocycles. The highest BCUT2D eigenvalue weighted by Gasteiger charge is 2.14. The van der Waals surface area contributed by atoms with Gasteiger partial charge in [-0.2, -0.15) is 4.37 Å². The van der Waals surface area contributed by atoms with E-state index < -0.39 is 0 Å². The Morgan fingerprint density at radius 2 is 2.11 bits per heavy atom. The summed E-state index contributed by atoms with van der Waals surface area (Å²) in [4.78, 5) is 1.40. The first-order valence-electron chi connectivity index (χ1n) is 6.53. The summed E-state index contributed by atoms with van der Waals surface area (Å²) in [7, 11) is 0. The van der Waals surface area contributed by atoms with E-state index in [-0.39, 0.29) is 0 Å².